The number of nitrogens with one attached hydrogen (secondary N) is 1. The van der Waals surface area contributed by atoms with Crippen LogP contribution in [0.2, 0.25) is 0 Å². The predicted molar refractivity (Wildman–Crippen MR) is 96.7 cm³/mol. The molecule has 6 nitrogen and oxygen atoms in total. The molecule has 0 saturated heterocycles. The molecule has 0 spiro atoms. The van der Waals surface area contributed by atoms with E-state index in [1.807, 2.05) is 18.5 Å². The van der Waals surface area contributed by atoms with Crippen LogP contribution in [-0.4, -0.2) is 31.4 Å². The Labute approximate surface area is 152 Å². The van der Waals surface area contributed by atoms with E-state index < -0.39 is 0 Å². The molecule has 1 fully saturated rings. The minimum absolute atomic E-state index is 0.371. The molecule has 2 aromatic heterocycles. The minimum Gasteiger partial charge on any atom is -0.424 e. The highest BCUT2D eigenvalue weighted by molar-refractivity contribution is 5.30. The molecule has 1 aliphatic carbocycles. The molecule has 1 unspecified atom stereocenters. The fourth-order valence-electron chi connectivity index (χ4n) is 3.81. The summed E-state index contributed by atoms with van der Waals surface area (Å²) in [5.41, 5.74) is 3.88. The topological polar surface area (TPSA) is 66.9 Å². The lowest BCUT2D eigenvalue weighted by Crippen LogP contribution is -2.36. The van der Waals surface area contributed by atoms with Crippen molar-refractivity contribution in [2.45, 2.75) is 31.8 Å². The number of imidazole rings is 1. The summed E-state index contributed by atoms with van der Waals surface area (Å²) in [5, 5.41) is 0. The van der Waals surface area contributed by atoms with Gasteiger partial charge in [-0.15, -0.1) is 0 Å². The van der Waals surface area contributed by atoms with Crippen LogP contribution >= 0.6 is 0 Å². The second kappa shape index (κ2) is 6.53. The van der Waals surface area contributed by atoms with Crippen LogP contribution in [0.3, 0.4) is 0 Å². The number of benzene rings is 1. The summed E-state index contributed by atoms with van der Waals surface area (Å²) in [4.78, 5) is 18.7. The Bertz CT molecular complexity index is 873. The van der Waals surface area contributed by atoms with Crippen LogP contribution in [-0.2, 0) is 13.0 Å². The van der Waals surface area contributed by atoms with E-state index in [-0.39, 0.29) is 0 Å². The van der Waals surface area contributed by atoms with Gasteiger partial charge in [0.15, 0.2) is 0 Å². The lowest BCUT2D eigenvalue weighted by Gasteiger charge is -2.35. The van der Waals surface area contributed by atoms with E-state index in [0.717, 1.165) is 31.2 Å². The average molecular weight is 347 g/mol. The zero-order valence-corrected chi connectivity index (χ0v) is 14.5. The third-order valence-electron chi connectivity index (χ3n) is 5.20. The summed E-state index contributed by atoms with van der Waals surface area (Å²) in [6.07, 6.45) is 8.88. The smallest absolute Gasteiger partial charge is 0.321 e. The van der Waals surface area contributed by atoms with Gasteiger partial charge in [-0.05, 0) is 42.5 Å². The van der Waals surface area contributed by atoms with E-state index in [1.165, 1.54) is 29.8 Å². The number of hydrogen-bond acceptors (Lipinski definition) is 5. The van der Waals surface area contributed by atoms with Gasteiger partial charge in [0.1, 0.15) is 5.75 Å². The van der Waals surface area contributed by atoms with Crippen LogP contribution in [0.25, 0.3) is 0 Å². The van der Waals surface area contributed by atoms with Gasteiger partial charge in [-0.2, -0.15) is 0 Å². The van der Waals surface area contributed by atoms with Crippen LogP contribution in [0, 0.1) is 5.92 Å². The van der Waals surface area contributed by atoms with Crippen LogP contribution in [0.5, 0.6) is 11.8 Å². The maximum Gasteiger partial charge on any atom is 0.321 e. The Morgan fingerprint density at radius 1 is 1.08 bits per heavy atom. The quantitative estimate of drug-likeness (QED) is 0.765. The van der Waals surface area contributed by atoms with Crippen molar-refractivity contribution in [3.63, 3.8) is 0 Å². The Hall–Kier alpha value is -2.73. The molecule has 6 heteroatoms. The molecule has 3 heterocycles. The number of rotatable bonds is 5. The molecule has 26 heavy (non-hydrogen) atoms. The van der Waals surface area contributed by atoms with Gasteiger partial charge in [0.2, 0.25) is 0 Å². The van der Waals surface area contributed by atoms with Crippen LogP contribution in [0.1, 0.15) is 35.8 Å². The number of hydrogen-bond donors (Lipinski definition) is 1. The average Bonchev–Trinajstić information content (AvgIpc) is 3.40. The lowest BCUT2D eigenvalue weighted by atomic mass is 9.98. The molecule has 2 aliphatic rings. The number of nitrogens with zero attached hydrogens (tertiary/aromatic N) is 4. The highest BCUT2D eigenvalue weighted by atomic mass is 16.5. The molecule has 1 N–H and O–H groups in total. The first-order valence-corrected chi connectivity index (χ1v) is 9.17. The predicted octanol–water partition coefficient (Wildman–Crippen LogP) is 3.50. The second-order valence-electron chi connectivity index (χ2n) is 7.05. The lowest BCUT2D eigenvalue weighted by molar-refractivity contribution is 0.152. The van der Waals surface area contributed by atoms with E-state index in [1.54, 1.807) is 18.5 Å². The van der Waals surface area contributed by atoms with E-state index >= 15 is 0 Å². The highest BCUT2D eigenvalue weighted by Crippen LogP contribution is 2.46. The molecule has 1 saturated carbocycles. The van der Waals surface area contributed by atoms with Crippen molar-refractivity contribution in [1.82, 2.24) is 24.8 Å². The maximum absolute atomic E-state index is 5.68. The van der Waals surface area contributed by atoms with E-state index in [0.29, 0.717) is 12.1 Å². The molecule has 0 amide bonds. The molecule has 3 aromatic rings. The van der Waals surface area contributed by atoms with Crippen LogP contribution in [0.15, 0.2) is 49.1 Å². The molecule has 1 atom stereocenters. The van der Waals surface area contributed by atoms with Gasteiger partial charge in [0.25, 0.3) is 0 Å². The third kappa shape index (κ3) is 3.08. The highest BCUT2D eigenvalue weighted by Gasteiger charge is 2.40. The normalized spacial score (nSPS) is 19.9. The first kappa shape index (κ1) is 15.5. The van der Waals surface area contributed by atoms with Crippen LogP contribution < -0.4 is 4.74 Å². The van der Waals surface area contributed by atoms with Crippen molar-refractivity contribution >= 4 is 0 Å². The monoisotopic (exact) mass is 347 g/mol. The van der Waals surface area contributed by atoms with Crippen molar-refractivity contribution in [3.8, 4) is 11.8 Å². The number of H-pyrrole nitrogens is 1. The second-order valence-corrected chi connectivity index (χ2v) is 7.05. The standard InChI is InChI=1S/C20H21N5O/c1-9-21-20(22-10-1)26-16-6-2-14(3-7-16)12-25-11-8-17-18(24-13-23-17)19(25)15-4-5-15/h1-3,6-7,9-10,13,15,19H,4-5,8,11-12H2,(H,23,24). The van der Waals surface area contributed by atoms with E-state index in [9.17, 15) is 0 Å². The summed E-state index contributed by atoms with van der Waals surface area (Å²) in [6, 6.07) is 10.8. The number of aromatic nitrogens is 4. The van der Waals surface area contributed by atoms with Gasteiger partial charge in [-0.25, -0.2) is 15.0 Å². The number of ether oxygens (including phenoxy) is 1. The third-order valence-corrected chi connectivity index (χ3v) is 5.20. The summed E-state index contributed by atoms with van der Waals surface area (Å²) in [7, 11) is 0. The fourth-order valence-corrected chi connectivity index (χ4v) is 3.81. The van der Waals surface area contributed by atoms with E-state index in [4.69, 9.17) is 4.74 Å². The van der Waals surface area contributed by atoms with Gasteiger partial charge in [-0.3, -0.25) is 4.90 Å². The summed E-state index contributed by atoms with van der Waals surface area (Å²) < 4.78 is 5.68. The van der Waals surface area contributed by atoms with Crippen molar-refractivity contribution < 1.29 is 4.74 Å². The summed E-state index contributed by atoms with van der Waals surface area (Å²) in [5.74, 6) is 1.52. The molecule has 5 rings (SSSR count). The van der Waals surface area contributed by atoms with Crippen molar-refractivity contribution in [2.75, 3.05) is 6.54 Å². The van der Waals surface area contributed by atoms with Gasteiger partial charge >= 0.3 is 6.01 Å². The summed E-state index contributed by atoms with van der Waals surface area (Å²) >= 11 is 0. The first-order chi connectivity index (χ1) is 12.9. The number of aromatic amines is 1. The molecule has 0 radical (unpaired) electrons. The Balaban J connectivity index is 1.30. The Morgan fingerprint density at radius 3 is 2.65 bits per heavy atom. The van der Waals surface area contributed by atoms with Gasteiger partial charge in [0.05, 0.1) is 18.1 Å². The van der Waals surface area contributed by atoms with E-state index in [2.05, 4.69) is 37.0 Å². The zero-order chi connectivity index (χ0) is 17.3. The minimum atomic E-state index is 0.371. The summed E-state index contributed by atoms with van der Waals surface area (Å²) in [6.45, 7) is 2.02. The Kier molecular flexibility index (Phi) is 3.90. The number of fused-ring (bicyclic) bond motifs is 1. The van der Waals surface area contributed by atoms with Gasteiger partial charge in [0, 0.05) is 37.6 Å². The molecule has 132 valence electrons. The Morgan fingerprint density at radius 2 is 1.88 bits per heavy atom. The van der Waals surface area contributed by atoms with Gasteiger partial charge in [-0.1, -0.05) is 12.1 Å². The maximum atomic E-state index is 5.68. The zero-order valence-electron chi connectivity index (χ0n) is 14.5. The molecule has 0 bridgehead atoms. The molecular weight excluding hydrogens is 326 g/mol. The van der Waals surface area contributed by atoms with Crippen molar-refractivity contribution in [2.24, 2.45) is 5.92 Å². The molecule has 1 aromatic carbocycles. The van der Waals surface area contributed by atoms with Crippen molar-refractivity contribution in [1.29, 1.82) is 0 Å². The van der Waals surface area contributed by atoms with Crippen LogP contribution in [0.4, 0.5) is 0 Å². The van der Waals surface area contributed by atoms with Crippen molar-refractivity contribution in [3.05, 3.63) is 66.0 Å². The first-order valence-electron chi connectivity index (χ1n) is 9.17. The molecule has 1 aliphatic heterocycles. The van der Waals surface area contributed by atoms with Gasteiger partial charge < -0.3 is 9.72 Å². The molecular formula is C20H21N5O. The fraction of sp³-hybridized carbons (Fsp3) is 0.350. The SMILES string of the molecule is c1cnc(Oc2ccc(CN3CCc4[nH]cnc4C3C3CC3)cc2)nc1. The largest absolute Gasteiger partial charge is 0.424 e.